The molecule has 0 aromatic heterocycles. The summed E-state index contributed by atoms with van der Waals surface area (Å²) in [6.07, 6.45) is 1.59. The van der Waals surface area contributed by atoms with Crippen molar-refractivity contribution in [3.63, 3.8) is 0 Å². The van der Waals surface area contributed by atoms with Gasteiger partial charge in [-0.2, -0.15) is 5.10 Å². The van der Waals surface area contributed by atoms with Crippen LogP contribution in [0.2, 0.25) is 0 Å². The summed E-state index contributed by atoms with van der Waals surface area (Å²) in [6.45, 7) is 0.524. The third-order valence-electron chi connectivity index (χ3n) is 3.63. The number of ether oxygens (including phenoxy) is 1. The zero-order valence-electron chi connectivity index (χ0n) is 13.9. The van der Waals surface area contributed by atoms with E-state index in [4.69, 9.17) is 4.74 Å². The number of benzene rings is 3. The lowest BCUT2D eigenvalue weighted by molar-refractivity contribution is 0.0954. The molecule has 0 spiro atoms. The zero-order valence-corrected chi connectivity index (χ0v) is 15.5. The summed E-state index contributed by atoms with van der Waals surface area (Å²) in [4.78, 5) is 12.1. The fraction of sp³-hybridized carbons (Fsp3) is 0.0476. The molecule has 0 radical (unpaired) electrons. The number of rotatable bonds is 6. The number of nitrogens with zero attached hydrogens (tertiary/aromatic N) is 1. The Balaban J connectivity index is 1.53. The van der Waals surface area contributed by atoms with Gasteiger partial charge in [0.25, 0.3) is 5.91 Å². The van der Waals surface area contributed by atoms with Crippen molar-refractivity contribution in [1.29, 1.82) is 0 Å². The second-order valence-corrected chi connectivity index (χ2v) is 6.38. The highest BCUT2D eigenvalue weighted by Crippen LogP contribution is 2.16. The van der Waals surface area contributed by atoms with Crippen molar-refractivity contribution in [2.45, 2.75) is 6.61 Å². The van der Waals surface area contributed by atoms with E-state index in [0.29, 0.717) is 12.2 Å². The van der Waals surface area contributed by atoms with Gasteiger partial charge >= 0.3 is 0 Å². The summed E-state index contributed by atoms with van der Waals surface area (Å²) in [7, 11) is 0. The Hall–Kier alpha value is -2.92. The molecule has 1 amide bonds. The van der Waals surface area contributed by atoms with Crippen LogP contribution >= 0.6 is 15.9 Å². The highest BCUT2D eigenvalue weighted by Gasteiger charge is 2.07. The Bertz CT molecular complexity index is 893. The average Bonchev–Trinajstić information content (AvgIpc) is 2.68. The Morgan fingerprint density at radius 2 is 1.65 bits per heavy atom. The van der Waals surface area contributed by atoms with E-state index in [1.54, 1.807) is 18.3 Å². The van der Waals surface area contributed by atoms with Crippen molar-refractivity contribution >= 4 is 28.1 Å². The van der Waals surface area contributed by atoms with Gasteiger partial charge in [0.1, 0.15) is 12.4 Å². The molecular formula is C21H17BrN2O2. The lowest BCUT2D eigenvalue weighted by atomic mass is 10.2. The second kappa shape index (κ2) is 8.97. The zero-order chi connectivity index (χ0) is 18.2. The number of amides is 1. The van der Waals surface area contributed by atoms with Crippen LogP contribution in [0.5, 0.6) is 5.75 Å². The van der Waals surface area contributed by atoms with Crippen molar-refractivity contribution in [1.82, 2.24) is 5.43 Å². The predicted octanol–water partition coefficient (Wildman–Crippen LogP) is 4.79. The number of carbonyl (C=O) groups is 1. The van der Waals surface area contributed by atoms with Crippen molar-refractivity contribution in [3.05, 3.63) is 100 Å². The lowest BCUT2D eigenvalue weighted by Crippen LogP contribution is -2.18. The van der Waals surface area contributed by atoms with Crippen LogP contribution < -0.4 is 10.2 Å². The maximum atomic E-state index is 12.1. The molecule has 0 saturated carbocycles. The lowest BCUT2D eigenvalue weighted by Gasteiger charge is -2.06. The van der Waals surface area contributed by atoms with E-state index >= 15 is 0 Å². The van der Waals surface area contributed by atoms with Gasteiger partial charge in [0, 0.05) is 4.47 Å². The van der Waals surface area contributed by atoms with Crippen LogP contribution in [0.3, 0.4) is 0 Å². The topological polar surface area (TPSA) is 50.7 Å². The molecule has 0 aliphatic carbocycles. The number of hydrogen-bond acceptors (Lipinski definition) is 3. The van der Waals surface area contributed by atoms with Crippen molar-refractivity contribution in [3.8, 4) is 5.75 Å². The van der Waals surface area contributed by atoms with Crippen LogP contribution in [-0.4, -0.2) is 12.1 Å². The van der Waals surface area contributed by atoms with E-state index in [1.807, 2.05) is 66.7 Å². The first-order chi connectivity index (χ1) is 12.7. The number of hydrogen-bond donors (Lipinski definition) is 1. The molecule has 26 heavy (non-hydrogen) atoms. The Morgan fingerprint density at radius 3 is 2.38 bits per heavy atom. The molecule has 0 heterocycles. The van der Waals surface area contributed by atoms with E-state index < -0.39 is 0 Å². The third-order valence-corrected chi connectivity index (χ3v) is 4.32. The van der Waals surface area contributed by atoms with Crippen LogP contribution in [0.1, 0.15) is 21.5 Å². The summed E-state index contributed by atoms with van der Waals surface area (Å²) in [5.74, 6) is 0.514. The molecule has 0 aliphatic heterocycles. The van der Waals surface area contributed by atoms with Crippen LogP contribution in [-0.2, 0) is 6.61 Å². The number of carbonyl (C=O) groups excluding carboxylic acids is 1. The largest absolute Gasteiger partial charge is 0.489 e. The van der Waals surface area contributed by atoms with Gasteiger partial charge in [-0.25, -0.2) is 5.43 Å². The van der Waals surface area contributed by atoms with Gasteiger partial charge in [0.05, 0.1) is 11.8 Å². The molecule has 0 fully saturated rings. The van der Waals surface area contributed by atoms with Gasteiger partial charge in [-0.1, -0.05) is 42.5 Å². The van der Waals surface area contributed by atoms with E-state index in [-0.39, 0.29) is 5.91 Å². The SMILES string of the molecule is O=C(N/N=C/c1ccc(OCc2ccccc2)cc1)c1ccccc1Br. The van der Waals surface area contributed by atoms with Gasteiger partial charge in [-0.05, 0) is 63.5 Å². The van der Waals surface area contributed by atoms with Gasteiger partial charge < -0.3 is 4.74 Å². The Morgan fingerprint density at radius 1 is 0.962 bits per heavy atom. The van der Waals surface area contributed by atoms with E-state index in [1.165, 1.54) is 0 Å². The molecule has 130 valence electrons. The molecule has 0 aliphatic rings. The molecule has 0 bridgehead atoms. The molecular weight excluding hydrogens is 392 g/mol. The normalized spacial score (nSPS) is 10.7. The predicted molar refractivity (Wildman–Crippen MR) is 106 cm³/mol. The molecule has 4 nitrogen and oxygen atoms in total. The molecule has 3 aromatic rings. The average molecular weight is 409 g/mol. The first-order valence-corrected chi connectivity index (χ1v) is 8.86. The van der Waals surface area contributed by atoms with Crippen molar-refractivity contribution < 1.29 is 9.53 Å². The summed E-state index contributed by atoms with van der Waals surface area (Å²) >= 11 is 3.35. The van der Waals surface area contributed by atoms with E-state index in [2.05, 4.69) is 26.5 Å². The summed E-state index contributed by atoms with van der Waals surface area (Å²) in [5, 5.41) is 4.00. The number of nitrogens with one attached hydrogen (secondary N) is 1. The monoisotopic (exact) mass is 408 g/mol. The highest BCUT2D eigenvalue weighted by molar-refractivity contribution is 9.10. The fourth-order valence-electron chi connectivity index (χ4n) is 2.26. The smallest absolute Gasteiger partial charge is 0.272 e. The van der Waals surface area contributed by atoms with Crippen molar-refractivity contribution in [2.24, 2.45) is 5.10 Å². The van der Waals surface area contributed by atoms with Gasteiger partial charge in [-0.3, -0.25) is 4.79 Å². The molecule has 3 aromatic carbocycles. The summed E-state index contributed by atoms with van der Waals surface area (Å²) in [5.41, 5.74) is 5.04. The second-order valence-electron chi connectivity index (χ2n) is 5.52. The minimum Gasteiger partial charge on any atom is -0.489 e. The first kappa shape index (κ1) is 17.9. The van der Waals surface area contributed by atoms with Gasteiger partial charge in [0.2, 0.25) is 0 Å². The standard InChI is InChI=1S/C21H17BrN2O2/c22-20-9-5-4-8-19(20)21(25)24-23-14-16-10-12-18(13-11-16)26-15-17-6-2-1-3-7-17/h1-14H,15H2,(H,24,25)/b23-14+. The molecule has 0 unspecified atom stereocenters. The summed E-state index contributed by atoms with van der Waals surface area (Å²) in [6, 6.07) is 24.7. The minimum absolute atomic E-state index is 0.267. The fourth-order valence-corrected chi connectivity index (χ4v) is 2.73. The first-order valence-electron chi connectivity index (χ1n) is 8.07. The van der Waals surface area contributed by atoms with Gasteiger partial charge in [-0.15, -0.1) is 0 Å². The quantitative estimate of drug-likeness (QED) is 0.470. The highest BCUT2D eigenvalue weighted by atomic mass is 79.9. The van der Waals surface area contributed by atoms with Crippen LogP contribution in [0.4, 0.5) is 0 Å². The van der Waals surface area contributed by atoms with Crippen LogP contribution in [0, 0.1) is 0 Å². The maximum absolute atomic E-state index is 12.1. The third kappa shape index (κ3) is 5.04. The molecule has 1 N–H and O–H groups in total. The molecule has 3 rings (SSSR count). The Kier molecular flexibility index (Phi) is 6.17. The maximum Gasteiger partial charge on any atom is 0.272 e. The van der Waals surface area contributed by atoms with E-state index in [9.17, 15) is 4.79 Å². The molecule has 0 saturated heterocycles. The number of halogens is 1. The molecule has 5 heteroatoms. The van der Waals surface area contributed by atoms with Crippen LogP contribution in [0.25, 0.3) is 0 Å². The minimum atomic E-state index is -0.267. The number of hydrazone groups is 1. The summed E-state index contributed by atoms with van der Waals surface area (Å²) < 4.78 is 6.47. The van der Waals surface area contributed by atoms with E-state index in [0.717, 1.165) is 21.3 Å². The van der Waals surface area contributed by atoms with Gasteiger partial charge in [0.15, 0.2) is 0 Å². The van der Waals surface area contributed by atoms with Crippen molar-refractivity contribution in [2.75, 3.05) is 0 Å². The van der Waals surface area contributed by atoms with Crippen LogP contribution in [0.15, 0.2) is 88.4 Å². The Labute approximate surface area is 160 Å². The molecule has 0 atom stereocenters.